The second-order valence-electron chi connectivity index (χ2n) is 4.20. The van der Waals surface area contributed by atoms with Crippen LogP contribution in [0.4, 0.5) is 0 Å². The Morgan fingerprint density at radius 2 is 2.05 bits per heavy atom. The molecule has 0 aliphatic rings. The fourth-order valence-corrected chi connectivity index (χ4v) is 1.56. The summed E-state index contributed by atoms with van der Waals surface area (Å²) >= 11 is 0. The van der Waals surface area contributed by atoms with E-state index in [2.05, 4.69) is 5.32 Å². The highest BCUT2D eigenvalue weighted by Crippen LogP contribution is 2.07. The van der Waals surface area contributed by atoms with Crippen LogP contribution in [0.1, 0.15) is 26.2 Å². The van der Waals surface area contributed by atoms with Gasteiger partial charge in [0.25, 0.3) is 0 Å². The molecule has 0 aliphatic heterocycles. The lowest BCUT2D eigenvalue weighted by atomic mass is 10.2. The molecule has 0 heterocycles. The zero-order valence-electron chi connectivity index (χ0n) is 11.3. The lowest BCUT2D eigenvalue weighted by Crippen LogP contribution is -2.41. The summed E-state index contributed by atoms with van der Waals surface area (Å²) in [5.41, 5.74) is 5.69. The van der Waals surface area contributed by atoms with E-state index in [0.29, 0.717) is 13.2 Å². The van der Waals surface area contributed by atoms with Crippen molar-refractivity contribution in [3.05, 3.63) is 30.3 Å². The van der Waals surface area contributed by atoms with E-state index >= 15 is 0 Å². The molecule has 0 saturated heterocycles. The van der Waals surface area contributed by atoms with Gasteiger partial charge in [-0.15, -0.1) is 12.4 Å². The van der Waals surface area contributed by atoms with Crippen molar-refractivity contribution in [1.29, 1.82) is 0 Å². The van der Waals surface area contributed by atoms with Gasteiger partial charge in [0.15, 0.2) is 0 Å². The monoisotopic (exact) mass is 286 g/mol. The molecule has 108 valence electrons. The second-order valence-corrected chi connectivity index (χ2v) is 4.20. The molecule has 1 aromatic rings. The summed E-state index contributed by atoms with van der Waals surface area (Å²) in [7, 11) is 0. The van der Waals surface area contributed by atoms with Gasteiger partial charge in [0.2, 0.25) is 5.91 Å². The number of benzene rings is 1. The molecule has 0 bridgehead atoms. The standard InChI is InChI=1S/C14H22N2O2.ClH/c1-2-7-13(15)14(17)16-10-6-11-18-12-8-4-3-5-9-12;/h3-5,8-9,13H,2,6-7,10-11,15H2,1H3,(H,16,17);1H. The van der Waals surface area contributed by atoms with Gasteiger partial charge in [-0.25, -0.2) is 0 Å². The van der Waals surface area contributed by atoms with E-state index in [0.717, 1.165) is 25.0 Å². The number of hydrogen-bond acceptors (Lipinski definition) is 3. The molecule has 19 heavy (non-hydrogen) atoms. The average Bonchev–Trinajstić information content (AvgIpc) is 2.39. The molecule has 4 nitrogen and oxygen atoms in total. The number of nitrogens with two attached hydrogens (primary N) is 1. The van der Waals surface area contributed by atoms with Crippen LogP contribution in [0.25, 0.3) is 0 Å². The van der Waals surface area contributed by atoms with Crippen LogP contribution in [0.5, 0.6) is 5.75 Å². The van der Waals surface area contributed by atoms with E-state index in [1.807, 2.05) is 37.3 Å². The number of carbonyl (C=O) groups excluding carboxylic acids is 1. The Morgan fingerprint density at radius 1 is 1.37 bits per heavy atom. The lowest BCUT2D eigenvalue weighted by molar-refractivity contribution is -0.122. The lowest BCUT2D eigenvalue weighted by Gasteiger charge is -2.11. The molecule has 1 rings (SSSR count). The summed E-state index contributed by atoms with van der Waals surface area (Å²) in [5, 5.41) is 2.81. The Morgan fingerprint density at radius 3 is 2.68 bits per heavy atom. The quantitative estimate of drug-likeness (QED) is 0.720. The topological polar surface area (TPSA) is 64.4 Å². The first-order valence-electron chi connectivity index (χ1n) is 6.45. The molecule has 1 aromatic carbocycles. The number of para-hydroxylation sites is 1. The Labute approximate surface area is 121 Å². The van der Waals surface area contributed by atoms with Crippen molar-refractivity contribution < 1.29 is 9.53 Å². The maximum Gasteiger partial charge on any atom is 0.236 e. The fraction of sp³-hybridized carbons (Fsp3) is 0.500. The van der Waals surface area contributed by atoms with Crippen molar-refractivity contribution in [2.24, 2.45) is 5.73 Å². The van der Waals surface area contributed by atoms with Gasteiger partial charge in [-0.05, 0) is 25.0 Å². The molecule has 1 amide bonds. The van der Waals surface area contributed by atoms with E-state index in [4.69, 9.17) is 10.5 Å². The van der Waals surface area contributed by atoms with Crippen LogP contribution < -0.4 is 15.8 Å². The van der Waals surface area contributed by atoms with Gasteiger partial charge in [-0.1, -0.05) is 31.5 Å². The minimum Gasteiger partial charge on any atom is -0.494 e. The number of hydrogen-bond donors (Lipinski definition) is 2. The molecule has 0 aliphatic carbocycles. The van der Waals surface area contributed by atoms with Gasteiger partial charge in [0.1, 0.15) is 5.75 Å². The minimum absolute atomic E-state index is 0. The first kappa shape index (κ1) is 17.7. The van der Waals surface area contributed by atoms with Crippen molar-refractivity contribution in [3.63, 3.8) is 0 Å². The van der Waals surface area contributed by atoms with Crippen molar-refractivity contribution in [3.8, 4) is 5.75 Å². The Bertz CT molecular complexity index is 347. The predicted octanol–water partition coefficient (Wildman–Crippen LogP) is 2.12. The van der Waals surface area contributed by atoms with Crippen molar-refractivity contribution >= 4 is 18.3 Å². The summed E-state index contributed by atoms with van der Waals surface area (Å²) in [4.78, 5) is 11.5. The molecule has 1 unspecified atom stereocenters. The van der Waals surface area contributed by atoms with Gasteiger partial charge >= 0.3 is 0 Å². The van der Waals surface area contributed by atoms with Gasteiger partial charge in [0, 0.05) is 6.54 Å². The van der Waals surface area contributed by atoms with Gasteiger partial charge < -0.3 is 15.8 Å². The fourth-order valence-electron chi connectivity index (χ4n) is 1.56. The third kappa shape index (κ3) is 7.70. The Hall–Kier alpha value is -1.26. The SMILES string of the molecule is CCCC(N)C(=O)NCCCOc1ccccc1.Cl. The number of carbonyl (C=O) groups is 1. The van der Waals surface area contributed by atoms with Crippen LogP contribution in [0, 0.1) is 0 Å². The summed E-state index contributed by atoms with van der Waals surface area (Å²) in [6, 6.07) is 9.25. The number of ether oxygens (including phenoxy) is 1. The predicted molar refractivity (Wildman–Crippen MR) is 79.7 cm³/mol. The van der Waals surface area contributed by atoms with Crippen molar-refractivity contribution in [2.75, 3.05) is 13.2 Å². The summed E-state index contributed by atoms with van der Waals surface area (Å²) in [5.74, 6) is 0.781. The van der Waals surface area contributed by atoms with Crippen LogP contribution in [0.15, 0.2) is 30.3 Å². The third-order valence-corrected chi connectivity index (χ3v) is 2.57. The average molecular weight is 287 g/mol. The summed E-state index contributed by atoms with van der Waals surface area (Å²) in [6.07, 6.45) is 2.43. The highest BCUT2D eigenvalue weighted by Gasteiger charge is 2.10. The molecular formula is C14H23ClN2O2. The van der Waals surface area contributed by atoms with Crippen molar-refractivity contribution in [2.45, 2.75) is 32.2 Å². The van der Waals surface area contributed by atoms with Crippen LogP contribution in [0.2, 0.25) is 0 Å². The number of amides is 1. The number of halogens is 1. The van der Waals surface area contributed by atoms with Crippen molar-refractivity contribution in [1.82, 2.24) is 5.32 Å². The number of nitrogens with one attached hydrogen (secondary N) is 1. The number of rotatable bonds is 8. The van der Waals surface area contributed by atoms with Gasteiger partial charge in [-0.2, -0.15) is 0 Å². The normalized spacial score (nSPS) is 11.3. The largest absolute Gasteiger partial charge is 0.494 e. The third-order valence-electron chi connectivity index (χ3n) is 2.57. The molecule has 0 fully saturated rings. The second kappa shape index (κ2) is 10.6. The minimum atomic E-state index is -0.384. The van der Waals surface area contributed by atoms with Gasteiger partial charge in [-0.3, -0.25) is 4.79 Å². The van der Waals surface area contributed by atoms with Crippen LogP contribution >= 0.6 is 12.4 Å². The molecule has 0 saturated carbocycles. The molecule has 0 radical (unpaired) electrons. The van der Waals surface area contributed by atoms with E-state index < -0.39 is 0 Å². The molecule has 0 spiro atoms. The molecule has 5 heteroatoms. The van der Waals surface area contributed by atoms with Crippen LogP contribution in [0.3, 0.4) is 0 Å². The van der Waals surface area contributed by atoms with Crippen LogP contribution in [-0.4, -0.2) is 25.1 Å². The maximum absolute atomic E-state index is 11.5. The Balaban J connectivity index is 0.00000324. The smallest absolute Gasteiger partial charge is 0.236 e. The zero-order valence-corrected chi connectivity index (χ0v) is 12.1. The van der Waals surface area contributed by atoms with E-state index in [1.165, 1.54) is 0 Å². The first-order chi connectivity index (χ1) is 8.74. The highest BCUT2D eigenvalue weighted by molar-refractivity contribution is 5.85. The Kier molecular flexibility index (Phi) is 9.94. The maximum atomic E-state index is 11.5. The highest BCUT2D eigenvalue weighted by atomic mass is 35.5. The molecule has 0 aromatic heterocycles. The zero-order chi connectivity index (χ0) is 13.2. The first-order valence-corrected chi connectivity index (χ1v) is 6.45. The van der Waals surface area contributed by atoms with Gasteiger partial charge in [0.05, 0.1) is 12.6 Å². The summed E-state index contributed by atoms with van der Waals surface area (Å²) < 4.78 is 5.51. The van der Waals surface area contributed by atoms with Crippen LogP contribution in [-0.2, 0) is 4.79 Å². The summed E-state index contributed by atoms with van der Waals surface area (Å²) in [6.45, 7) is 3.21. The van der Waals surface area contributed by atoms with E-state index in [-0.39, 0.29) is 24.4 Å². The molecule has 3 N–H and O–H groups in total. The van der Waals surface area contributed by atoms with E-state index in [1.54, 1.807) is 0 Å². The van der Waals surface area contributed by atoms with E-state index in [9.17, 15) is 4.79 Å². The molecule has 1 atom stereocenters. The molecular weight excluding hydrogens is 264 g/mol.